The number of rotatable bonds is 2. The lowest BCUT2D eigenvalue weighted by atomic mass is 10.1. The van der Waals surface area contributed by atoms with Crippen LogP contribution in [0.2, 0.25) is 0 Å². The van der Waals surface area contributed by atoms with E-state index in [0.29, 0.717) is 11.8 Å². The minimum Gasteiger partial charge on any atom is -0.469 e. The third kappa shape index (κ3) is 1.91. The number of carbonyl (C=O) groups is 1. The summed E-state index contributed by atoms with van der Waals surface area (Å²) in [5, 5.41) is 2.13. The van der Waals surface area contributed by atoms with Crippen molar-refractivity contribution in [1.29, 1.82) is 0 Å². The fraction of sp³-hybridized carbons (Fsp3) is 0.400. The molecule has 19 heavy (non-hydrogen) atoms. The summed E-state index contributed by atoms with van der Waals surface area (Å²) < 4.78 is 5.40. The molecule has 1 saturated carbocycles. The van der Waals surface area contributed by atoms with E-state index in [1.165, 1.54) is 10.4 Å². The molecular weight excluding hydrogens is 258 g/mol. The van der Waals surface area contributed by atoms with Crippen LogP contribution in [-0.4, -0.2) is 17.4 Å². The first-order chi connectivity index (χ1) is 9.33. The minimum atomic E-state index is 0.145. The number of furan rings is 1. The van der Waals surface area contributed by atoms with E-state index in [9.17, 15) is 4.79 Å². The van der Waals surface area contributed by atoms with Crippen LogP contribution in [-0.2, 0) is 17.8 Å². The SMILES string of the molecule is O=C(C1CC1c1ccco1)N1CCc2sccc2C1. The van der Waals surface area contributed by atoms with Crippen LogP contribution in [0.3, 0.4) is 0 Å². The van der Waals surface area contributed by atoms with E-state index < -0.39 is 0 Å². The normalized spacial score (nSPS) is 25.2. The van der Waals surface area contributed by atoms with Gasteiger partial charge < -0.3 is 9.32 Å². The first kappa shape index (κ1) is 11.3. The van der Waals surface area contributed by atoms with E-state index in [1.54, 1.807) is 6.26 Å². The predicted molar refractivity (Wildman–Crippen MR) is 73.0 cm³/mol. The van der Waals surface area contributed by atoms with Gasteiger partial charge in [0, 0.05) is 29.8 Å². The summed E-state index contributed by atoms with van der Waals surface area (Å²) in [6.07, 6.45) is 3.64. The van der Waals surface area contributed by atoms with Gasteiger partial charge in [0.1, 0.15) is 5.76 Å². The first-order valence-corrected chi connectivity index (χ1v) is 7.58. The number of hydrogen-bond donors (Lipinski definition) is 0. The Morgan fingerprint density at radius 1 is 1.42 bits per heavy atom. The van der Waals surface area contributed by atoms with E-state index in [2.05, 4.69) is 11.4 Å². The Balaban J connectivity index is 1.46. The molecule has 0 saturated heterocycles. The summed E-state index contributed by atoms with van der Waals surface area (Å²) in [6.45, 7) is 1.66. The lowest BCUT2D eigenvalue weighted by molar-refractivity contribution is -0.133. The fourth-order valence-corrected chi connectivity index (χ4v) is 3.85. The molecule has 2 aromatic rings. The maximum atomic E-state index is 12.5. The molecule has 2 aliphatic rings. The first-order valence-electron chi connectivity index (χ1n) is 6.70. The van der Waals surface area contributed by atoms with Crippen LogP contribution in [0.15, 0.2) is 34.3 Å². The van der Waals surface area contributed by atoms with Gasteiger partial charge in [-0.05, 0) is 42.0 Å². The summed E-state index contributed by atoms with van der Waals surface area (Å²) in [5.74, 6) is 1.72. The minimum absolute atomic E-state index is 0.145. The number of thiophene rings is 1. The zero-order chi connectivity index (χ0) is 12.8. The Bertz CT molecular complexity index is 601. The largest absolute Gasteiger partial charge is 0.469 e. The van der Waals surface area contributed by atoms with Gasteiger partial charge in [-0.3, -0.25) is 4.79 Å². The third-order valence-electron chi connectivity index (χ3n) is 4.14. The fourth-order valence-electron chi connectivity index (χ4n) is 2.96. The van der Waals surface area contributed by atoms with E-state index in [4.69, 9.17) is 4.42 Å². The van der Waals surface area contributed by atoms with Gasteiger partial charge in [0.05, 0.1) is 6.26 Å². The Morgan fingerprint density at radius 3 is 3.21 bits per heavy atom. The number of hydrogen-bond acceptors (Lipinski definition) is 3. The molecule has 98 valence electrons. The van der Waals surface area contributed by atoms with Crippen molar-refractivity contribution < 1.29 is 9.21 Å². The van der Waals surface area contributed by atoms with Gasteiger partial charge >= 0.3 is 0 Å². The lowest BCUT2D eigenvalue weighted by Gasteiger charge is -2.27. The second-order valence-electron chi connectivity index (χ2n) is 5.34. The van der Waals surface area contributed by atoms with Gasteiger partial charge in [-0.25, -0.2) is 0 Å². The van der Waals surface area contributed by atoms with Crippen LogP contribution in [0, 0.1) is 5.92 Å². The number of carbonyl (C=O) groups excluding carboxylic acids is 1. The van der Waals surface area contributed by atoms with Gasteiger partial charge in [-0.15, -0.1) is 11.3 Å². The van der Waals surface area contributed by atoms with Gasteiger partial charge in [0.15, 0.2) is 0 Å². The molecule has 4 rings (SSSR count). The van der Waals surface area contributed by atoms with Gasteiger partial charge in [-0.1, -0.05) is 0 Å². The van der Waals surface area contributed by atoms with Crippen molar-refractivity contribution in [3.63, 3.8) is 0 Å². The van der Waals surface area contributed by atoms with E-state index in [1.807, 2.05) is 28.4 Å². The second-order valence-corrected chi connectivity index (χ2v) is 6.34. The van der Waals surface area contributed by atoms with Crippen LogP contribution in [0.25, 0.3) is 0 Å². The Kier molecular flexibility index (Phi) is 2.52. The predicted octanol–water partition coefficient (Wildman–Crippen LogP) is 3.03. The quantitative estimate of drug-likeness (QED) is 0.842. The molecule has 1 aliphatic heterocycles. The van der Waals surface area contributed by atoms with Crippen molar-refractivity contribution in [3.8, 4) is 0 Å². The molecule has 0 aromatic carbocycles. The lowest BCUT2D eigenvalue weighted by Crippen LogP contribution is -2.36. The van der Waals surface area contributed by atoms with E-state index in [0.717, 1.165) is 31.7 Å². The van der Waals surface area contributed by atoms with E-state index >= 15 is 0 Å². The Hall–Kier alpha value is -1.55. The summed E-state index contributed by atoms with van der Waals surface area (Å²) in [5.41, 5.74) is 1.33. The van der Waals surface area contributed by atoms with Gasteiger partial charge in [-0.2, -0.15) is 0 Å². The van der Waals surface area contributed by atoms with Gasteiger partial charge in [0.2, 0.25) is 5.91 Å². The zero-order valence-electron chi connectivity index (χ0n) is 10.5. The van der Waals surface area contributed by atoms with Crippen molar-refractivity contribution in [1.82, 2.24) is 4.90 Å². The maximum Gasteiger partial charge on any atom is 0.226 e. The Labute approximate surface area is 115 Å². The molecule has 2 aromatic heterocycles. The molecule has 1 amide bonds. The second kappa shape index (κ2) is 4.23. The molecule has 0 N–H and O–H groups in total. The van der Waals surface area contributed by atoms with Crippen LogP contribution >= 0.6 is 11.3 Å². The molecule has 0 radical (unpaired) electrons. The van der Waals surface area contributed by atoms with Crippen molar-refractivity contribution in [2.45, 2.75) is 25.3 Å². The smallest absolute Gasteiger partial charge is 0.226 e. The van der Waals surface area contributed by atoms with Crippen molar-refractivity contribution in [2.75, 3.05) is 6.54 Å². The molecule has 4 heteroatoms. The highest BCUT2D eigenvalue weighted by molar-refractivity contribution is 7.10. The summed E-state index contributed by atoms with van der Waals surface area (Å²) in [4.78, 5) is 15.9. The standard InChI is InChI=1S/C15H15NO2S/c17-15(12-8-11(12)13-2-1-6-18-13)16-5-3-14-10(9-16)4-7-19-14/h1-2,4,6-7,11-12H,3,5,8-9H2. The zero-order valence-corrected chi connectivity index (χ0v) is 11.4. The van der Waals surface area contributed by atoms with E-state index in [-0.39, 0.29) is 5.92 Å². The topological polar surface area (TPSA) is 33.5 Å². The summed E-state index contributed by atoms with van der Waals surface area (Å²) in [7, 11) is 0. The molecule has 0 bridgehead atoms. The highest BCUT2D eigenvalue weighted by Gasteiger charge is 2.47. The van der Waals surface area contributed by atoms with Gasteiger partial charge in [0.25, 0.3) is 0 Å². The van der Waals surface area contributed by atoms with Crippen molar-refractivity contribution in [3.05, 3.63) is 46.0 Å². The van der Waals surface area contributed by atoms with Crippen LogP contribution in [0.4, 0.5) is 0 Å². The molecule has 1 aliphatic carbocycles. The molecule has 3 nitrogen and oxygen atoms in total. The highest BCUT2D eigenvalue weighted by Crippen LogP contribution is 2.49. The summed E-state index contributed by atoms with van der Waals surface area (Å²) >= 11 is 1.81. The number of nitrogens with zero attached hydrogens (tertiary/aromatic N) is 1. The van der Waals surface area contributed by atoms with Crippen molar-refractivity contribution in [2.24, 2.45) is 5.92 Å². The Morgan fingerprint density at radius 2 is 2.37 bits per heavy atom. The molecule has 3 heterocycles. The molecular formula is C15H15NO2S. The average molecular weight is 273 g/mol. The molecule has 2 unspecified atom stereocenters. The highest BCUT2D eigenvalue weighted by atomic mass is 32.1. The summed E-state index contributed by atoms with van der Waals surface area (Å²) in [6, 6.07) is 6.02. The monoisotopic (exact) mass is 273 g/mol. The molecule has 0 spiro atoms. The van der Waals surface area contributed by atoms with Crippen molar-refractivity contribution >= 4 is 17.2 Å². The van der Waals surface area contributed by atoms with Crippen LogP contribution < -0.4 is 0 Å². The third-order valence-corrected chi connectivity index (χ3v) is 5.16. The average Bonchev–Trinajstić information content (AvgIpc) is 2.89. The molecule has 2 atom stereocenters. The maximum absolute atomic E-state index is 12.5. The number of fused-ring (bicyclic) bond motifs is 1. The number of amides is 1. The van der Waals surface area contributed by atoms with Crippen LogP contribution in [0.1, 0.15) is 28.5 Å². The molecule has 1 fully saturated rings. The van der Waals surface area contributed by atoms with Crippen LogP contribution in [0.5, 0.6) is 0 Å².